The minimum atomic E-state index is -5.13. The molecule has 1 aromatic rings. The first-order chi connectivity index (χ1) is 10.9. The number of alkyl halides is 6. The molecule has 1 heterocycles. The van der Waals surface area contributed by atoms with Gasteiger partial charge in [-0.05, 0) is 24.3 Å². The van der Waals surface area contributed by atoms with Gasteiger partial charge in [-0.25, -0.2) is 0 Å². The number of rotatable bonds is 3. The lowest BCUT2D eigenvalue weighted by Crippen LogP contribution is -2.57. The Morgan fingerprint density at radius 3 is 2.29 bits per heavy atom. The van der Waals surface area contributed by atoms with E-state index in [4.69, 9.17) is 4.74 Å². The van der Waals surface area contributed by atoms with Crippen LogP contribution in [0.25, 0.3) is 0 Å². The second-order valence-electron chi connectivity index (χ2n) is 4.83. The second-order valence-corrected chi connectivity index (χ2v) is 4.83. The Hall–Kier alpha value is -2.30. The first kappa shape index (κ1) is 18.0. The molecule has 24 heavy (non-hydrogen) atoms. The molecule has 0 aromatic heterocycles. The molecule has 0 spiro atoms. The molecule has 0 bridgehead atoms. The topological polar surface area (TPSA) is 62.1 Å². The third kappa shape index (κ3) is 3.45. The lowest BCUT2D eigenvalue weighted by molar-refractivity contribution is -0.302. The highest BCUT2D eigenvalue weighted by Gasteiger charge is 2.61. The maximum Gasteiger partial charge on any atom is 0.438 e. The van der Waals surface area contributed by atoms with Crippen molar-refractivity contribution in [1.82, 2.24) is 5.01 Å². The van der Waals surface area contributed by atoms with E-state index >= 15 is 0 Å². The molecule has 1 aliphatic heterocycles. The average molecular weight is 356 g/mol. The number of aliphatic hydroxyl groups is 1. The number of carbonyl (C=O) groups is 1. The quantitative estimate of drug-likeness (QED) is 0.847. The Labute approximate surface area is 131 Å². The molecule has 11 heteroatoms. The minimum Gasteiger partial charge on any atom is -0.484 e. The van der Waals surface area contributed by atoms with Gasteiger partial charge in [0.25, 0.3) is 11.6 Å². The van der Waals surface area contributed by atoms with Gasteiger partial charge in [0.1, 0.15) is 5.75 Å². The van der Waals surface area contributed by atoms with E-state index < -0.39 is 42.6 Å². The van der Waals surface area contributed by atoms with Gasteiger partial charge in [-0.1, -0.05) is 0 Å². The van der Waals surface area contributed by atoms with Crippen LogP contribution >= 0.6 is 0 Å². The Morgan fingerprint density at radius 1 is 1.21 bits per heavy atom. The smallest absolute Gasteiger partial charge is 0.438 e. The van der Waals surface area contributed by atoms with Crippen molar-refractivity contribution in [2.45, 2.75) is 24.5 Å². The van der Waals surface area contributed by atoms with Crippen molar-refractivity contribution in [3.63, 3.8) is 0 Å². The largest absolute Gasteiger partial charge is 0.484 e. The molecule has 1 aliphatic rings. The molecule has 1 aromatic carbocycles. The Kier molecular flexibility index (Phi) is 4.48. The van der Waals surface area contributed by atoms with Crippen molar-refractivity contribution in [3.8, 4) is 5.75 Å². The van der Waals surface area contributed by atoms with E-state index in [9.17, 15) is 36.2 Å². The number of hydrogen-bond donors (Lipinski definition) is 1. The molecule has 0 saturated heterocycles. The van der Waals surface area contributed by atoms with Gasteiger partial charge in [0.2, 0.25) is 0 Å². The number of ether oxygens (including phenoxy) is 1. The van der Waals surface area contributed by atoms with Crippen LogP contribution in [0.1, 0.15) is 12.0 Å². The van der Waals surface area contributed by atoms with Crippen molar-refractivity contribution in [3.05, 3.63) is 29.8 Å². The highest BCUT2D eigenvalue weighted by molar-refractivity contribution is 5.81. The monoisotopic (exact) mass is 356 g/mol. The van der Waals surface area contributed by atoms with Gasteiger partial charge in [0, 0.05) is 12.6 Å². The third-order valence-corrected chi connectivity index (χ3v) is 3.16. The van der Waals surface area contributed by atoms with Gasteiger partial charge in [-0.2, -0.15) is 36.5 Å². The van der Waals surface area contributed by atoms with E-state index in [0.717, 1.165) is 18.3 Å². The zero-order valence-corrected chi connectivity index (χ0v) is 11.7. The summed E-state index contributed by atoms with van der Waals surface area (Å²) in [5, 5.41) is 12.6. The van der Waals surface area contributed by atoms with Crippen LogP contribution in [0.5, 0.6) is 5.75 Å². The number of benzene rings is 1. The molecule has 5 nitrogen and oxygen atoms in total. The fourth-order valence-electron chi connectivity index (χ4n) is 1.88. The zero-order chi connectivity index (χ0) is 18.2. The molecule has 1 N–H and O–H groups in total. The van der Waals surface area contributed by atoms with Crippen LogP contribution in [0.2, 0.25) is 0 Å². The molecule has 0 radical (unpaired) electrons. The van der Waals surface area contributed by atoms with Gasteiger partial charge in [-0.3, -0.25) is 4.79 Å². The summed E-state index contributed by atoms with van der Waals surface area (Å²) >= 11 is 0. The van der Waals surface area contributed by atoms with Crippen LogP contribution in [-0.4, -0.2) is 40.7 Å². The van der Waals surface area contributed by atoms with Crippen LogP contribution < -0.4 is 4.74 Å². The van der Waals surface area contributed by atoms with Gasteiger partial charge >= 0.3 is 12.4 Å². The number of hydrogen-bond acceptors (Lipinski definition) is 4. The predicted molar refractivity (Wildman–Crippen MR) is 67.9 cm³/mol. The average Bonchev–Trinajstić information content (AvgIpc) is 2.87. The van der Waals surface area contributed by atoms with Gasteiger partial charge < -0.3 is 9.84 Å². The lowest BCUT2D eigenvalue weighted by atomic mass is 10.1. The summed E-state index contributed by atoms with van der Waals surface area (Å²) in [6.45, 7) is -0.943. The van der Waals surface area contributed by atoms with E-state index in [0.29, 0.717) is 12.1 Å². The summed E-state index contributed by atoms with van der Waals surface area (Å²) in [6, 6.07) is 3.22. The summed E-state index contributed by atoms with van der Waals surface area (Å²) in [7, 11) is 0. The summed E-state index contributed by atoms with van der Waals surface area (Å²) in [6.07, 6.45) is -9.89. The van der Waals surface area contributed by atoms with Gasteiger partial charge in [0.05, 0.1) is 5.56 Å². The molecule has 2 rings (SSSR count). The number of hydrazone groups is 1. The van der Waals surface area contributed by atoms with Crippen LogP contribution in [0, 0.1) is 0 Å². The van der Waals surface area contributed by atoms with E-state index in [2.05, 4.69) is 5.10 Å². The fourth-order valence-corrected chi connectivity index (χ4v) is 1.88. The molecule has 132 valence electrons. The lowest BCUT2D eigenvalue weighted by Gasteiger charge is -2.32. The standard InChI is InChI=1S/C13H10F6N2O3/c14-12(15,16)8-1-3-9(4-2-8)24-7-10(22)21-11(23,5-6-20-21)13(17,18)19/h1-4,6,23H,5,7H2. The molecule has 0 saturated carbocycles. The first-order valence-corrected chi connectivity index (χ1v) is 6.40. The van der Waals surface area contributed by atoms with Crippen molar-refractivity contribution in [2.75, 3.05) is 6.61 Å². The van der Waals surface area contributed by atoms with Crippen LogP contribution in [0.3, 0.4) is 0 Å². The van der Waals surface area contributed by atoms with Gasteiger partial charge in [-0.15, -0.1) is 0 Å². The van der Waals surface area contributed by atoms with E-state index in [1.807, 2.05) is 0 Å². The van der Waals surface area contributed by atoms with Crippen molar-refractivity contribution >= 4 is 12.1 Å². The van der Waals surface area contributed by atoms with Crippen molar-refractivity contribution in [1.29, 1.82) is 0 Å². The normalized spacial score (nSPS) is 21.2. The summed E-state index contributed by atoms with van der Waals surface area (Å²) in [5.74, 6) is -1.46. The minimum absolute atomic E-state index is 0.156. The Bertz CT molecular complexity index is 641. The number of nitrogens with zero attached hydrogens (tertiary/aromatic N) is 2. The predicted octanol–water partition coefficient (Wildman–Crippen LogP) is 2.55. The van der Waals surface area contributed by atoms with E-state index in [-0.39, 0.29) is 10.8 Å². The second kappa shape index (κ2) is 5.96. The molecule has 0 aliphatic carbocycles. The highest BCUT2D eigenvalue weighted by Crippen LogP contribution is 2.38. The fraction of sp³-hybridized carbons (Fsp3) is 0.385. The van der Waals surface area contributed by atoms with Crippen LogP contribution in [-0.2, 0) is 11.0 Å². The van der Waals surface area contributed by atoms with E-state index in [1.54, 1.807) is 0 Å². The Balaban J connectivity index is 2.02. The molecular formula is C13H10F6N2O3. The highest BCUT2D eigenvalue weighted by atomic mass is 19.4. The summed E-state index contributed by atoms with van der Waals surface area (Å²) in [5.41, 5.74) is -4.41. The number of halogens is 6. The van der Waals surface area contributed by atoms with Crippen LogP contribution in [0.4, 0.5) is 26.3 Å². The molecular weight excluding hydrogens is 346 g/mol. The van der Waals surface area contributed by atoms with Crippen molar-refractivity contribution < 1.29 is 41.0 Å². The zero-order valence-electron chi connectivity index (χ0n) is 11.7. The Morgan fingerprint density at radius 2 is 1.79 bits per heavy atom. The summed E-state index contributed by atoms with van der Waals surface area (Å²) < 4.78 is 80.4. The maximum absolute atomic E-state index is 12.8. The molecule has 1 atom stereocenters. The molecule has 0 fully saturated rings. The number of carbonyl (C=O) groups excluding carboxylic acids is 1. The molecule has 1 amide bonds. The summed E-state index contributed by atoms with van der Waals surface area (Å²) in [4.78, 5) is 11.8. The van der Waals surface area contributed by atoms with Crippen LogP contribution in [0.15, 0.2) is 29.4 Å². The molecule has 1 unspecified atom stereocenters. The van der Waals surface area contributed by atoms with Crippen molar-refractivity contribution in [2.24, 2.45) is 5.10 Å². The van der Waals surface area contributed by atoms with Gasteiger partial charge in [0.15, 0.2) is 6.61 Å². The van der Waals surface area contributed by atoms with E-state index in [1.165, 1.54) is 0 Å². The third-order valence-electron chi connectivity index (χ3n) is 3.16. The SMILES string of the molecule is O=C(COc1ccc(C(F)(F)F)cc1)N1N=CCC1(O)C(F)(F)F. The first-order valence-electron chi connectivity index (χ1n) is 6.40. The maximum atomic E-state index is 12.8. The number of amides is 1.